The van der Waals surface area contributed by atoms with E-state index < -0.39 is 32.5 Å². The topological polar surface area (TPSA) is 119 Å². The van der Waals surface area contributed by atoms with Crippen molar-refractivity contribution in [3.05, 3.63) is 48.6 Å². The van der Waals surface area contributed by atoms with Crippen LogP contribution in [0.1, 0.15) is 200 Å². The minimum atomic E-state index is -4.76. The lowest BCUT2D eigenvalue weighted by Crippen LogP contribution is -2.29. The first kappa shape index (κ1) is 51.0. The van der Waals surface area contributed by atoms with Gasteiger partial charge in [0.25, 0.3) is 0 Å². The third-order valence-corrected chi connectivity index (χ3v) is 9.56. The Kier molecular flexibility index (Phi) is 38.2. The van der Waals surface area contributed by atoms with Crippen molar-refractivity contribution >= 4 is 19.8 Å². The van der Waals surface area contributed by atoms with Crippen LogP contribution in [-0.2, 0) is 28.2 Å². The Hall–Kier alpha value is -1.99. The van der Waals surface area contributed by atoms with Crippen molar-refractivity contribution in [2.45, 2.75) is 206 Å². The van der Waals surface area contributed by atoms with Gasteiger partial charge < -0.3 is 19.3 Å². The second-order valence-corrected chi connectivity index (χ2v) is 15.5. The van der Waals surface area contributed by atoms with E-state index in [9.17, 15) is 14.2 Å². The molecule has 0 rings (SSSR count). The van der Waals surface area contributed by atoms with E-state index >= 15 is 0 Å². The first-order valence-electron chi connectivity index (χ1n) is 21.4. The minimum Gasteiger partial charge on any atom is -0.462 e. The Labute approximate surface area is 324 Å². The summed E-state index contributed by atoms with van der Waals surface area (Å²) in [6.07, 6.45) is 48.2. The number of phosphoric ester groups is 1. The van der Waals surface area contributed by atoms with Gasteiger partial charge >= 0.3 is 19.8 Å². The Morgan fingerprint density at radius 1 is 0.491 bits per heavy atom. The molecule has 0 saturated heterocycles. The van der Waals surface area contributed by atoms with Crippen molar-refractivity contribution in [2.75, 3.05) is 13.2 Å². The van der Waals surface area contributed by atoms with Gasteiger partial charge in [0, 0.05) is 12.8 Å². The van der Waals surface area contributed by atoms with E-state index in [4.69, 9.17) is 19.3 Å². The van der Waals surface area contributed by atoms with E-state index in [1.165, 1.54) is 89.9 Å². The van der Waals surface area contributed by atoms with E-state index in [0.29, 0.717) is 12.8 Å². The van der Waals surface area contributed by atoms with Gasteiger partial charge in [-0.1, -0.05) is 159 Å². The number of rotatable bonds is 39. The highest BCUT2D eigenvalue weighted by atomic mass is 31.2. The molecule has 0 heterocycles. The van der Waals surface area contributed by atoms with Gasteiger partial charge in [0.15, 0.2) is 6.10 Å². The summed E-state index contributed by atoms with van der Waals surface area (Å²) in [5, 5.41) is 0. The van der Waals surface area contributed by atoms with Crippen molar-refractivity contribution in [3.8, 4) is 0 Å². The number of carbonyl (C=O) groups excluding carboxylic acids is 2. The van der Waals surface area contributed by atoms with Gasteiger partial charge in [-0.15, -0.1) is 0 Å². The van der Waals surface area contributed by atoms with Gasteiger partial charge in [0.1, 0.15) is 6.61 Å². The number of allylic oxidation sites excluding steroid dienone is 8. The zero-order valence-electron chi connectivity index (χ0n) is 33.9. The molecule has 0 spiro atoms. The fraction of sp³-hybridized carbons (Fsp3) is 0.773. The molecule has 1 unspecified atom stereocenters. The number of ether oxygens (including phenoxy) is 2. The monoisotopic (exact) mass is 767 g/mol. The van der Waals surface area contributed by atoms with Crippen LogP contribution in [0.4, 0.5) is 0 Å². The van der Waals surface area contributed by atoms with E-state index in [0.717, 1.165) is 70.6 Å². The second-order valence-electron chi connectivity index (χ2n) is 14.3. The molecule has 0 aliphatic heterocycles. The van der Waals surface area contributed by atoms with Crippen molar-refractivity contribution in [1.29, 1.82) is 0 Å². The zero-order chi connectivity index (χ0) is 38.9. The first-order valence-corrected chi connectivity index (χ1v) is 23.0. The predicted molar refractivity (Wildman–Crippen MR) is 221 cm³/mol. The van der Waals surface area contributed by atoms with Crippen LogP contribution in [0.5, 0.6) is 0 Å². The Morgan fingerprint density at radius 3 is 1.28 bits per heavy atom. The largest absolute Gasteiger partial charge is 0.469 e. The normalized spacial score (nSPS) is 12.9. The molecule has 9 heteroatoms. The highest BCUT2D eigenvalue weighted by Crippen LogP contribution is 2.36. The first-order chi connectivity index (χ1) is 25.8. The lowest BCUT2D eigenvalue weighted by molar-refractivity contribution is -0.161. The van der Waals surface area contributed by atoms with Gasteiger partial charge in [-0.25, -0.2) is 4.57 Å². The van der Waals surface area contributed by atoms with E-state index in [2.05, 4.69) is 67.0 Å². The standard InChI is InChI=1S/C44H79O8P/c1-3-5-7-9-11-13-15-17-19-21-22-23-25-27-29-31-33-35-37-39-44(46)52-42(41-51-53(47,48)49)40-50-43(45)38-36-34-32-30-28-26-24-20-18-16-14-12-10-8-6-4-2/h11,13-14,16-17,19-20,24,42H,3-10,12,15,18,21-23,25-41H2,1-2H3,(H2,47,48,49)/b13-11-,16-14-,19-17-,24-20-. The summed E-state index contributed by atoms with van der Waals surface area (Å²) < 4.78 is 26.4. The molecule has 0 aromatic carbocycles. The third kappa shape index (κ3) is 42.6. The van der Waals surface area contributed by atoms with E-state index in [-0.39, 0.29) is 19.4 Å². The molecular weight excluding hydrogens is 687 g/mol. The molecule has 0 aliphatic rings. The number of carbonyl (C=O) groups is 2. The molecule has 0 aromatic heterocycles. The van der Waals surface area contributed by atoms with E-state index in [1.54, 1.807) is 0 Å². The summed E-state index contributed by atoms with van der Waals surface area (Å²) in [6, 6.07) is 0. The smallest absolute Gasteiger partial charge is 0.462 e. The number of hydrogen-bond acceptors (Lipinski definition) is 6. The van der Waals surface area contributed by atoms with Crippen molar-refractivity contribution in [3.63, 3.8) is 0 Å². The molecule has 0 fully saturated rings. The SMILES string of the molecule is CCCCC/C=C\C/C=C\CCCCCCCCCCCC(=O)OC(COC(=O)CCCCCCC/C=C\C/C=C\CCCCCC)COP(=O)(O)O. The summed E-state index contributed by atoms with van der Waals surface area (Å²) in [6.45, 7) is 3.63. The van der Waals surface area contributed by atoms with Gasteiger partial charge in [0.05, 0.1) is 6.61 Å². The summed E-state index contributed by atoms with van der Waals surface area (Å²) in [5.74, 6) is -0.904. The molecule has 2 N–H and O–H groups in total. The van der Waals surface area contributed by atoms with Crippen molar-refractivity contribution in [1.82, 2.24) is 0 Å². The van der Waals surface area contributed by atoms with Gasteiger partial charge in [-0.05, 0) is 77.0 Å². The summed E-state index contributed by atoms with van der Waals surface area (Å²) >= 11 is 0. The average molecular weight is 767 g/mol. The van der Waals surface area contributed by atoms with Gasteiger partial charge in [-0.3, -0.25) is 14.1 Å². The maximum Gasteiger partial charge on any atom is 0.469 e. The number of unbranched alkanes of at least 4 members (excludes halogenated alkanes) is 21. The molecule has 1 atom stereocenters. The highest BCUT2D eigenvalue weighted by Gasteiger charge is 2.22. The zero-order valence-corrected chi connectivity index (χ0v) is 34.8. The maximum atomic E-state index is 12.4. The fourth-order valence-electron chi connectivity index (χ4n) is 5.84. The third-order valence-electron chi connectivity index (χ3n) is 9.07. The van der Waals surface area contributed by atoms with Crippen LogP contribution in [0.25, 0.3) is 0 Å². The van der Waals surface area contributed by atoms with Crippen LogP contribution in [0, 0.1) is 0 Å². The molecule has 0 aromatic rings. The lowest BCUT2D eigenvalue weighted by Gasteiger charge is -2.18. The fourth-order valence-corrected chi connectivity index (χ4v) is 6.21. The Balaban J connectivity index is 3.94. The maximum absolute atomic E-state index is 12.4. The number of phosphoric acid groups is 1. The number of esters is 2. The van der Waals surface area contributed by atoms with Crippen LogP contribution in [0.15, 0.2) is 48.6 Å². The van der Waals surface area contributed by atoms with Crippen molar-refractivity contribution in [2.24, 2.45) is 0 Å². The Morgan fingerprint density at radius 2 is 0.849 bits per heavy atom. The quantitative estimate of drug-likeness (QED) is 0.0275. The van der Waals surface area contributed by atoms with Crippen LogP contribution >= 0.6 is 7.82 Å². The molecular formula is C44H79O8P. The van der Waals surface area contributed by atoms with E-state index in [1.807, 2.05) is 0 Å². The molecule has 8 nitrogen and oxygen atoms in total. The molecule has 308 valence electrons. The predicted octanol–water partition coefficient (Wildman–Crippen LogP) is 13.1. The van der Waals surface area contributed by atoms with Crippen LogP contribution in [-0.4, -0.2) is 41.0 Å². The lowest BCUT2D eigenvalue weighted by atomic mass is 10.1. The summed E-state index contributed by atoms with van der Waals surface area (Å²) in [4.78, 5) is 42.9. The average Bonchev–Trinajstić information content (AvgIpc) is 3.13. The van der Waals surface area contributed by atoms with Gasteiger partial charge in [0.2, 0.25) is 0 Å². The summed E-state index contributed by atoms with van der Waals surface area (Å²) in [5.41, 5.74) is 0. The second kappa shape index (κ2) is 39.7. The summed E-state index contributed by atoms with van der Waals surface area (Å²) in [7, 11) is -4.76. The number of hydrogen-bond donors (Lipinski definition) is 2. The van der Waals surface area contributed by atoms with Crippen LogP contribution in [0.2, 0.25) is 0 Å². The molecule has 0 saturated carbocycles. The molecule has 0 amide bonds. The molecule has 0 bridgehead atoms. The van der Waals surface area contributed by atoms with Gasteiger partial charge in [-0.2, -0.15) is 0 Å². The van der Waals surface area contributed by atoms with Crippen LogP contribution < -0.4 is 0 Å². The Bertz CT molecular complexity index is 999. The molecule has 0 aliphatic carbocycles. The van der Waals surface area contributed by atoms with Crippen molar-refractivity contribution < 1.29 is 37.9 Å². The van der Waals surface area contributed by atoms with Crippen LogP contribution in [0.3, 0.4) is 0 Å². The molecule has 0 radical (unpaired) electrons. The minimum absolute atomic E-state index is 0.203. The highest BCUT2D eigenvalue weighted by molar-refractivity contribution is 7.46. The molecule has 53 heavy (non-hydrogen) atoms.